The minimum Gasteiger partial charge on any atom is -0.383 e. The highest BCUT2D eigenvalue weighted by atomic mass is 127. The first-order valence-electron chi connectivity index (χ1n) is 6.34. The van der Waals surface area contributed by atoms with Gasteiger partial charge in [0.2, 0.25) is 0 Å². The fourth-order valence-corrected chi connectivity index (χ4v) is 2.37. The molecule has 0 spiro atoms. The van der Waals surface area contributed by atoms with Gasteiger partial charge in [-0.25, -0.2) is 4.39 Å². The third kappa shape index (κ3) is 4.95. The standard InChI is InChI=1S/C13H18FIN2O3/c1-3-4-16-10(8-20-2)5-9-6-11(14)12(15)7-13(9)17(18)19/h6-7,10,16H,3-5,8H2,1-2H3. The van der Waals surface area contributed by atoms with Crippen LogP contribution in [0.1, 0.15) is 18.9 Å². The lowest BCUT2D eigenvalue weighted by Crippen LogP contribution is -2.35. The number of hydrogen-bond donors (Lipinski definition) is 1. The van der Waals surface area contributed by atoms with Gasteiger partial charge in [-0.1, -0.05) is 6.92 Å². The van der Waals surface area contributed by atoms with Crippen molar-refractivity contribution in [3.05, 3.63) is 37.2 Å². The van der Waals surface area contributed by atoms with Crippen LogP contribution in [0.25, 0.3) is 0 Å². The minimum atomic E-state index is -0.472. The smallest absolute Gasteiger partial charge is 0.273 e. The third-order valence-electron chi connectivity index (χ3n) is 2.84. The molecule has 7 heteroatoms. The lowest BCUT2D eigenvalue weighted by molar-refractivity contribution is -0.385. The van der Waals surface area contributed by atoms with E-state index in [1.54, 1.807) is 29.7 Å². The molecule has 0 aliphatic rings. The van der Waals surface area contributed by atoms with Crippen LogP contribution in [0.3, 0.4) is 0 Å². The van der Waals surface area contributed by atoms with Crippen LogP contribution in [0, 0.1) is 19.5 Å². The molecule has 1 atom stereocenters. The largest absolute Gasteiger partial charge is 0.383 e. The minimum absolute atomic E-state index is 0.0461. The fraction of sp³-hybridized carbons (Fsp3) is 0.538. The van der Waals surface area contributed by atoms with Gasteiger partial charge in [-0.3, -0.25) is 10.1 Å². The van der Waals surface area contributed by atoms with E-state index < -0.39 is 10.7 Å². The molecule has 1 rings (SSSR count). The second-order valence-corrected chi connectivity index (χ2v) is 5.62. The fourth-order valence-electron chi connectivity index (χ4n) is 1.92. The van der Waals surface area contributed by atoms with E-state index in [9.17, 15) is 14.5 Å². The van der Waals surface area contributed by atoms with Crippen molar-refractivity contribution in [3.8, 4) is 0 Å². The van der Waals surface area contributed by atoms with Crippen molar-refractivity contribution in [1.29, 1.82) is 0 Å². The van der Waals surface area contributed by atoms with Crippen LogP contribution in [-0.2, 0) is 11.2 Å². The molecule has 0 aliphatic carbocycles. The first-order valence-corrected chi connectivity index (χ1v) is 7.42. The molecule has 0 amide bonds. The van der Waals surface area contributed by atoms with Gasteiger partial charge in [0, 0.05) is 24.8 Å². The van der Waals surface area contributed by atoms with Crippen LogP contribution in [0.4, 0.5) is 10.1 Å². The lowest BCUT2D eigenvalue weighted by Gasteiger charge is -2.17. The Kier molecular flexibility index (Phi) is 7.31. The molecule has 1 N–H and O–H groups in total. The maximum atomic E-state index is 13.6. The maximum Gasteiger partial charge on any atom is 0.273 e. The topological polar surface area (TPSA) is 64.4 Å². The summed E-state index contributed by atoms with van der Waals surface area (Å²) in [5.41, 5.74) is 0.341. The molecule has 20 heavy (non-hydrogen) atoms. The van der Waals surface area contributed by atoms with E-state index in [0.717, 1.165) is 13.0 Å². The molecule has 0 aliphatic heterocycles. The molecular weight excluding hydrogens is 378 g/mol. The zero-order valence-electron chi connectivity index (χ0n) is 11.5. The summed E-state index contributed by atoms with van der Waals surface area (Å²) < 4.78 is 19.0. The molecule has 0 fully saturated rings. The summed E-state index contributed by atoms with van der Waals surface area (Å²) in [6.45, 7) is 3.24. The van der Waals surface area contributed by atoms with E-state index in [1.165, 1.54) is 12.1 Å². The SMILES string of the molecule is CCCNC(COC)Cc1cc(F)c(I)cc1[N+](=O)[O-]. The normalized spacial score (nSPS) is 12.4. The Morgan fingerprint density at radius 2 is 2.25 bits per heavy atom. The van der Waals surface area contributed by atoms with Crippen molar-refractivity contribution in [1.82, 2.24) is 5.32 Å². The molecule has 1 unspecified atom stereocenters. The summed E-state index contributed by atoms with van der Waals surface area (Å²) in [5, 5.41) is 14.3. The number of nitro groups is 1. The second-order valence-electron chi connectivity index (χ2n) is 4.46. The average Bonchev–Trinajstić information content (AvgIpc) is 2.39. The quantitative estimate of drug-likeness (QED) is 0.417. The van der Waals surface area contributed by atoms with E-state index in [1.807, 2.05) is 6.92 Å². The molecule has 0 heterocycles. The number of nitrogens with zero attached hydrogens (tertiary/aromatic N) is 1. The summed E-state index contributed by atoms with van der Waals surface area (Å²) in [7, 11) is 1.57. The molecule has 112 valence electrons. The third-order valence-corrected chi connectivity index (χ3v) is 3.66. The van der Waals surface area contributed by atoms with Gasteiger partial charge in [0.1, 0.15) is 5.82 Å². The molecule has 5 nitrogen and oxygen atoms in total. The molecule has 1 aromatic carbocycles. The highest BCUT2D eigenvalue weighted by Gasteiger charge is 2.20. The highest BCUT2D eigenvalue weighted by Crippen LogP contribution is 2.25. The van der Waals surface area contributed by atoms with Crippen molar-refractivity contribution in [2.45, 2.75) is 25.8 Å². The van der Waals surface area contributed by atoms with Gasteiger partial charge in [0.05, 0.1) is 15.1 Å². The van der Waals surface area contributed by atoms with Crippen molar-refractivity contribution >= 4 is 28.3 Å². The van der Waals surface area contributed by atoms with E-state index in [0.29, 0.717) is 18.6 Å². The van der Waals surface area contributed by atoms with Gasteiger partial charge < -0.3 is 10.1 Å². The van der Waals surface area contributed by atoms with E-state index in [2.05, 4.69) is 5.32 Å². The summed E-state index contributed by atoms with van der Waals surface area (Å²) in [5.74, 6) is -0.433. The number of methoxy groups -OCH3 is 1. The zero-order valence-corrected chi connectivity index (χ0v) is 13.6. The van der Waals surface area contributed by atoms with Crippen LogP contribution < -0.4 is 5.32 Å². The molecule has 0 aromatic heterocycles. The summed E-state index contributed by atoms with van der Waals surface area (Å²) in [4.78, 5) is 10.6. The highest BCUT2D eigenvalue weighted by molar-refractivity contribution is 14.1. The molecule has 1 aromatic rings. The van der Waals surface area contributed by atoms with Gasteiger partial charge in [0.15, 0.2) is 0 Å². The molecule has 0 saturated heterocycles. The summed E-state index contributed by atoms with van der Waals surface area (Å²) in [6.07, 6.45) is 1.31. The Bertz CT molecular complexity index is 471. The average molecular weight is 396 g/mol. The summed E-state index contributed by atoms with van der Waals surface area (Å²) in [6, 6.07) is 2.45. The lowest BCUT2D eigenvalue weighted by atomic mass is 10.0. The Labute approximate surface area is 131 Å². The number of halogens is 2. The number of rotatable bonds is 8. The Balaban J connectivity index is 2.98. The number of hydrogen-bond acceptors (Lipinski definition) is 4. The predicted molar refractivity (Wildman–Crippen MR) is 83.4 cm³/mol. The molecule has 0 bridgehead atoms. The van der Waals surface area contributed by atoms with Gasteiger partial charge in [-0.05, 0) is 48.0 Å². The van der Waals surface area contributed by atoms with Crippen LogP contribution in [-0.4, -0.2) is 31.2 Å². The number of nitro benzene ring substituents is 1. The van der Waals surface area contributed by atoms with Crippen molar-refractivity contribution in [2.75, 3.05) is 20.3 Å². The van der Waals surface area contributed by atoms with Gasteiger partial charge in [0.25, 0.3) is 5.69 Å². The van der Waals surface area contributed by atoms with E-state index >= 15 is 0 Å². The van der Waals surface area contributed by atoms with Crippen molar-refractivity contribution < 1.29 is 14.1 Å². The zero-order chi connectivity index (χ0) is 15.1. The first-order chi connectivity index (χ1) is 9.49. The van der Waals surface area contributed by atoms with Crippen LogP contribution in [0.15, 0.2) is 12.1 Å². The van der Waals surface area contributed by atoms with E-state index in [4.69, 9.17) is 4.74 Å². The molecule has 0 radical (unpaired) electrons. The van der Waals surface area contributed by atoms with Crippen molar-refractivity contribution in [2.24, 2.45) is 0 Å². The predicted octanol–water partition coefficient (Wildman–Crippen LogP) is 2.90. The maximum absolute atomic E-state index is 13.6. The van der Waals surface area contributed by atoms with E-state index in [-0.39, 0.29) is 15.3 Å². The van der Waals surface area contributed by atoms with Crippen molar-refractivity contribution in [3.63, 3.8) is 0 Å². The monoisotopic (exact) mass is 396 g/mol. The van der Waals surface area contributed by atoms with Crippen LogP contribution in [0.2, 0.25) is 0 Å². The van der Waals surface area contributed by atoms with Gasteiger partial charge >= 0.3 is 0 Å². The van der Waals surface area contributed by atoms with Gasteiger partial charge in [-0.15, -0.1) is 0 Å². The Hall–Kier alpha value is -0.800. The van der Waals surface area contributed by atoms with Gasteiger partial charge in [-0.2, -0.15) is 0 Å². The number of nitrogens with one attached hydrogen (secondary N) is 1. The number of benzene rings is 1. The Morgan fingerprint density at radius 3 is 2.80 bits per heavy atom. The van der Waals surface area contributed by atoms with Crippen LogP contribution >= 0.6 is 22.6 Å². The first kappa shape index (κ1) is 17.3. The second kappa shape index (κ2) is 8.48. The molecular formula is C13H18FIN2O3. The molecule has 0 saturated carbocycles. The van der Waals surface area contributed by atoms with Crippen LogP contribution in [0.5, 0.6) is 0 Å². The Morgan fingerprint density at radius 1 is 1.55 bits per heavy atom. The summed E-state index contributed by atoms with van der Waals surface area (Å²) >= 11 is 1.75. The number of ether oxygens (including phenoxy) is 1.